The lowest BCUT2D eigenvalue weighted by atomic mass is 10.1. The van der Waals surface area contributed by atoms with Crippen LogP contribution in [0.1, 0.15) is 18.6 Å². The first-order chi connectivity index (χ1) is 10.6. The van der Waals surface area contributed by atoms with E-state index in [4.69, 9.17) is 0 Å². The maximum Gasteiger partial charge on any atom is 0.246 e. The number of carbonyl (C=O) groups is 1. The fraction of sp³-hybridized carbons (Fsp3) is 0.176. The zero-order valence-corrected chi connectivity index (χ0v) is 12.2. The summed E-state index contributed by atoms with van der Waals surface area (Å²) in [5.74, 6) is -0.179. The second-order valence-corrected chi connectivity index (χ2v) is 5.17. The molecule has 0 radical (unpaired) electrons. The molecular weight excluding hydrogens is 278 g/mol. The van der Waals surface area contributed by atoms with Gasteiger partial charge < -0.3 is 10.4 Å². The molecule has 0 spiro atoms. The third-order valence-corrected chi connectivity index (χ3v) is 3.53. The normalized spacial score (nSPS) is 12.3. The number of fused-ring (bicyclic) bond motifs is 1. The molecular formula is C17H17N3O2. The Morgan fingerprint density at radius 1 is 1.23 bits per heavy atom. The summed E-state index contributed by atoms with van der Waals surface area (Å²) in [6, 6.07) is 15.0. The molecule has 1 unspecified atom stereocenters. The Balaban J connectivity index is 1.79. The molecule has 1 aromatic heterocycles. The number of rotatable bonds is 4. The highest BCUT2D eigenvalue weighted by atomic mass is 16.3. The summed E-state index contributed by atoms with van der Waals surface area (Å²) in [7, 11) is 0. The summed E-state index contributed by atoms with van der Waals surface area (Å²) < 4.78 is 1.66. The van der Waals surface area contributed by atoms with E-state index in [1.54, 1.807) is 29.9 Å². The first kappa shape index (κ1) is 14.3. The molecule has 3 rings (SSSR count). The minimum atomic E-state index is -0.637. The fourth-order valence-electron chi connectivity index (χ4n) is 2.45. The van der Waals surface area contributed by atoms with Crippen LogP contribution in [0.3, 0.4) is 0 Å². The number of aliphatic hydroxyl groups excluding tert-OH is 1. The predicted molar refractivity (Wildman–Crippen MR) is 85.4 cm³/mol. The molecule has 0 bridgehead atoms. The molecule has 0 saturated carbocycles. The zero-order chi connectivity index (χ0) is 15.5. The van der Waals surface area contributed by atoms with Crippen LogP contribution in [0.25, 0.3) is 10.9 Å². The second-order valence-electron chi connectivity index (χ2n) is 5.17. The minimum Gasteiger partial charge on any atom is -0.389 e. The van der Waals surface area contributed by atoms with Gasteiger partial charge in [0, 0.05) is 16.6 Å². The molecule has 112 valence electrons. The van der Waals surface area contributed by atoms with Gasteiger partial charge in [-0.05, 0) is 19.1 Å². The van der Waals surface area contributed by atoms with Gasteiger partial charge in [-0.1, -0.05) is 36.4 Å². The number of aromatic nitrogens is 2. The molecule has 0 aliphatic rings. The number of hydrogen-bond acceptors (Lipinski definition) is 3. The Labute approximate surface area is 128 Å². The summed E-state index contributed by atoms with van der Waals surface area (Å²) in [5.41, 5.74) is 2.24. The molecule has 0 aliphatic carbocycles. The third kappa shape index (κ3) is 2.84. The number of amides is 1. The van der Waals surface area contributed by atoms with Crippen LogP contribution in [0.2, 0.25) is 0 Å². The summed E-state index contributed by atoms with van der Waals surface area (Å²) in [6.45, 7) is 1.80. The Hall–Kier alpha value is -2.66. The molecule has 0 aliphatic heterocycles. The average Bonchev–Trinajstić information content (AvgIpc) is 2.91. The lowest BCUT2D eigenvalue weighted by Gasteiger charge is -2.13. The molecule has 2 N–H and O–H groups in total. The SMILES string of the molecule is CC(O)c1ccccc1NC(=O)Cn1ncc2ccccc21. The Bertz CT molecular complexity index is 808. The van der Waals surface area contributed by atoms with Crippen LogP contribution >= 0.6 is 0 Å². The summed E-state index contributed by atoms with van der Waals surface area (Å²) >= 11 is 0. The largest absolute Gasteiger partial charge is 0.389 e. The van der Waals surface area contributed by atoms with Crippen LogP contribution in [0.5, 0.6) is 0 Å². The quantitative estimate of drug-likeness (QED) is 0.777. The topological polar surface area (TPSA) is 67.2 Å². The van der Waals surface area contributed by atoms with Crippen molar-refractivity contribution in [2.75, 3.05) is 5.32 Å². The van der Waals surface area contributed by atoms with Crippen molar-refractivity contribution in [3.05, 3.63) is 60.3 Å². The van der Waals surface area contributed by atoms with Crippen molar-refractivity contribution in [3.63, 3.8) is 0 Å². The van der Waals surface area contributed by atoms with E-state index in [1.165, 1.54) is 0 Å². The van der Waals surface area contributed by atoms with Crippen LogP contribution in [0.15, 0.2) is 54.7 Å². The molecule has 3 aromatic rings. The number of nitrogens with zero attached hydrogens (tertiary/aromatic N) is 2. The van der Waals surface area contributed by atoms with Gasteiger partial charge in [-0.3, -0.25) is 9.48 Å². The van der Waals surface area contributed by atoms with E-state index < -0.39 is 6.10 Å². The molecule has 1 atom stereocenters. The number of anilines is 1. The van der Waals surface area contributed by atoms with Crippen LogP contribution in [0.4, 0.5) is 5.69 Å². The Kier molecular flexibility index (Phi) is 3.89. The molecule has 0 fully saturated rings. The van der Waals surface area contributed by atoms with Crippen LogP contribution in [-0.2, 0) is 11.3 Å². The molecule has 2 aromatic carbocycles. The lowest BCUT2D eigenvalue weighted by Crippen LogP contribution is -2.20. The minimum absolute atomic E-state index is 0.127. The number of benzene rings is 2. The number of para-hydroxylation sites is 2. The van der Waals surface area contributed by atoms with Gasteiger partial charge in [0.2, 0.25) is 5.91 Å². The van der Waals surface area contributed by atoms with Crippen molar-refractivity contribution < 1.29 is 9.90 Å². The highest BCUT2D eigenvalue weighted by molar-refractivity contribution is 5.92. The first-order valence-electron chi connectivity index (χ1n) is 7.12. The third-order valence-electron chi connectivity index (χ3n) is 3.53. The maximum atomic E-state index is 12.2. The van der Waals surface area contributed by atoms with Gasteiger partial charge in [0.1, 0.15) is 6.54 Å². The maximum absolute atomic E-state index is 12.2. The zero-order valence-electron chi connectivity index (χ0n) is 12.2. The van der Waals surface area contributed by atoms with E-state index in [0.29, 0.717) is 11.3 Å². The van der Waals surface area contributed by atoms with Gasteiger partial charge in [-0.25, -0.2) is 0 Å². The predicted octanol–water partition coefficient (Wildman–Crippen LogP) is 2.73. The van der Waals surface area contributed by atoms with E-state index in [2.05, 4.69) is 10.4 Å². The molecule has 1 amide bonds. The van der Waals surface area contributed by atoms with E-state index in [1.807, 2.05) is 36.4 Å². The first-order valence-corrected chi connectivity index (χ1v) is 7.12. The molecule has 22 heavy (non-hydrogen) atoms. The smallest absolute Gasteiger partial charge is 0.246 e. The van der Waals surface area contributed by atoms with Gasteiger partial charge in [0.15, 0.2) is 0 Å². The molecule has 5 nitrogen and oxygen atoms in total. The molecule has 5 heteroatoms. The summed E-state index contributed by atoms with van der Waals surface area (Å²) in [5, 5.41) is 17.8. The Morgan fingerprint density at radius 2 is 1.95 bits per heavy atom. The van der Waals surface area contributed by atoms with Crippen LogP contribution < -0.4 is 5.32 Å². The monoisotopic (exact) mass is 295 g/mol. The van der Waals surface area contributed by atoms with Crippen molar-refractivity contribution in [1.29, 1.82) is 0 Å². The standard InChI is InChI=1S/C17H17N3O2/c1-12(21)14-7-3-4-8-15(14)19-17(22)11-20-16-9-5-2-6-13(16)10-18-20/h2-10,12,21H,11H2,1H3,(H,19,22). The number of hydrogen-bond donors (Lipinski definition) is 2. The van der Waals surface area contributed by atoms with Gasteiger partial charge in [-0.15, -0.1) is 0 Å². The number of aliphatic hydroxyl groups is 1. The van der Waals surface area contributed by atoms with Crippen LogP contribution in [-0.4, -0.2) is 20.8 Å². The highest BCUT2D eigenvalue weighted by Crippen LogP contribution is 2.22. The summed E-state index contributed by atoms with van der Waals surface area (Å²) in [4.78, 5) is 12.2. The number of carbonyl (C=O) groups excluding carboxylic acids is 1. The van der Waals surface area contributed by atoms with E-state index in [-0.39, 0.29) is 12.5 Å². The van der Waals surface area contributed by atoms with Gasteiger partial charge in [0.25, 0.3) is 0 Å². The number of nitrogens with one attached hydrogen (secondary N) is 1. The molecule has 1 heterocycles. The highest BCUT2D eigenvalue weighted by Gasteiger charge is 2.11. The summed E-state index contributed by atoms with van der Waals surface area (Å²) in [6.07, 6.45) is 1.11. The van der Waals surface area contributed by atoms with Gasteiger partial charge in [0.05, 0.1) is 17.8 Å². The second kappa shape index (κ2) is 5.99. The van der Waals surface area contributed by atoms with Gasteiger partial charge >= 0.3 is 0 Å². The van der Waals surface area contributed by atoms with Crippen molar-refractivity contribution in [1.82, 2.24) is 9.78 Å². The Morgan fingerprint density at radius 3 is 2.77 bits per heavy atom. The average molecular weight is 295 g/mol. The van der Waals surface area contributed by atoms with Crippen molar-refractivity contribution in [3.8, 4) is 0 Å². The van der Waals surface area contributed by atoms with Crippen molar-refractivity contribution >= 4 is 22.5 Å². The molecule has 0 saturated heterocycles. The fourth-order valence-corrected chi connectivity index (χ4v) is 2.45. The van der Waals surface area contributed by atoms with E-state index in [9.17, 15) is 9.90 Å². The lowest BCUT2D eigenvalue weighted by molar-refractivity contribution is -0.116. The van der Waals surface area contributed by atoms with E-state index >= 15 is 0 Å². The van der Waals surface area contributed by atoms with Crippen molar-refractivity contribution in [2.24, 2.45) is 0 Å². The van der Waals surface area contributed by atoms with E-state index in [0.717, 1.165) is 10.9 Å². The van der Waals surface area contributed by atoms with Crippen LogP contribution in [0, 0.1) is 0 Å². The van der Waals surface area contributed by atoms with Crippen molar-refractivity contribution in [2.45, 2.75) is 19.6 Å². The van der Waals surface area contributed by atoms with Gasteiger partial charge in [-0.2, -0.15) is 5.10 Å².